The lowest BCUT2D eigenvalue weighted by Gasteiger charge is -2.12. The van der Waals surface area contributed by atoms with Gasteiger partial charge in [0.15, 0.2) is 0 Å². The minimum Gasteiger partial charge on any atom is -0.397 e. The highest BCUT2D eigenvalue weighted by Gasteiger charge is 2.29. The fraction of sp³-hybridized carbons (Fsp3) is 0.200. The molecular formula is C20H19N3OS2. The Labute approximate surface area is 159 Å². The minimum atomic E-state index is -1.11. The van der Waals surface area contributed by atoms with E-state index in [-0.39, 0.29) is 5.25 Å². The Morgan fingerprint density at radius 2 is 2.00 bits per heavy atom. The predicted octanol–water partition coefficient (Wildman–Crippen LogP) is 4.21. The minimum absolute atomic E-state index is 0.0245. The fourth-order valence-electron chi connectivity index (χ4n) is 3.18. The molecule has 2 N–H and O–H groups in total. The van der Waals surface area contributed by atoms with Crippen LogP contribution >= 0.6 is 11.3 Å². The first-order valence-corrected chi connectivity index (χ1v) is 10.5. The van der Waals surface area contributed by atoms with E-state index in [4.69, 9.17) is 10.7 Å². The van der Waals surface area contributed by atoms with Crippen molar-refractivity contribution in [2.24, 2.45) is 5.73 Å². The Morgan fingerprint density at radius 1 is 1.23 bits per heavy atom. The Morgan fingerprint density at radius 3 is 2.65 bits per heavy atom. The van der Waals surface area contributed by atoms with E-state index in [0.717, 1.165) is 38.0 Å². The highest BCUT2D eigenvalue weighted by atomic mass is 32.2. The standard InChI is InChI=1S/C20H19N3OS2/c1-12(2)26(24)17-11-15-18(19(17)21)14(13-6-4-3-5-7-13)10-16(23-15)20-22-8-9-25-20/h3-10,12H,11,21H2,1-2H3. The van der Waals surface area contributed by atoms with Crippen molar-refractivity contribution in [1.82, 2.24) is 9.97 Å². The van der Waals surface area contributed by atoms with Crippen molar-refractivity contribution >= 4 is 27.8 Å². The summed E-state index contributed by atoms with van der Waals surface area (Å²) < 4.78 is 12.7. The van der Waals surface area contributed by atoms with Gasteiger partial charge in [0.2, 0.25) is 0 Å². The third-order valence-electron chi connectivity index (χ3n) is 4.40. The molecule has 1 aromatic carbocycles. The van der Waals surface area contributed by atoms with Crippen LogP contribution in [0.25, 0.3) is 27.5 Å². The lowest BCUT2D eigenvalue weighted by Crippen LogP contribution is -2.11. The maximum atomic E-state index is 12.7. The van der Waals surface area contributed by atoms with Gasteiger partial charge in [0.1, 0.15) is 5.01 Å². The largest absolute Gasteiger partial charge is 0.397 e. The monoisotopic (exact) mass is 381 g/mol. The van der Waals surface area contributed by atoms with Gasteiger partial charge in [0, 0.05) is 33.7 Å². The molecule has 26 heavy (non-hydrogen) atoms. The molecule has 1 atom stereocenters. The molecule has 0 spiro atoms. The molecule has 1 aliphatic carbocycles. The van der Waals surface area contributed by atoms with E-state index in [9.17, 15) is 4.21 Å². The summed E-state index contributed by atoms with van der Waals surface area (Å²) in [7, 11) is -1.11. The molecule has 0 saturated carbocycles. The third-order valence-corrected chi connectivity index (χ3v) is 6.90. The summed E-state index contributed by atoms with van der Waals surface area (Å²) in [6, 6.07) is 12.2. The Balaban J connectivity index is 1.94. The van der Waals surface area contributed by atoms with Crippen molar-refractivity contribution in [2.75, 3.05) is 0 Å². The Bertz CT molecular complexity index is 1010. The molecule has 0 aliphatic heterocycles. The van der Waals surface area contributed by atoms with Gasteiger partial charge in [-0.1, -0.05) is 44.2 Å². The normalized spacial score (nSPS) is 14.7. The lowest BCUT2D eigenvalue weighted by atomic mass is 9.98. The predicted molar refractivity (Wildman–Crippen MR) is 109 cm³/mol. The van der Waals surface area contributed by atoms with Crippen LogP contribution in [0.4, 0.5) is 0 Å². The summed E-state index contributed by atoms with van der Waals surface area (Å²) in [4.78, 5) is 10.0. The van der Waals surface area contributed by atoms with Crippen molar-refractivity contribution in [2.45, 2.75) is 25.5 Å². The number of allylic oxidation sites excluding steroid dienone is 1. The Kier molecular flexibility index (Phi) is 4.46. The number of aromatic nitrogens is 2. The number of hydrogen-bond acceptors (Lipinski definition) is 5. The zero-order chi connectivity index (χ0) is 18.3. The molecule has 1 aliphatic rings. The van der Waals surface area contributed by atoms with Crippen molar-refractivity contribution in [1.29, 1.82) is 0 Å². The van der Waals surface area contributed by atoms with Gasteiger partial charge in [-0.3, -0.25) is 4.21 Å². The number of thiazole rings is 1. The van der Waals surface area contributed by atoms with E-state index >= 15 is 0 Å². The van der Waals surface area contributed by atoms with Gasteiger partial charge in [-0.2, -0.15) is 0 Å². The van der Waals surface area contributed by atoms with E-state index in [0.29, 0.717) is 12.1 Å². The summed E-state index contributed by atoms with van der Waals surface area (Å²) in [5.74, 6) is 0. The van der Waals surface area contributed by atoms with Gasteiger partial charge in [-0.05, 0) is 17.2 Å². The molecule has 0 amide bonds. The maximum Gasteiger partial charge on any atom is 0.141 e. The smallest absolute Gasteiger partial charge is 0.141 e. The second kappa shape index (κ2) is 6.78. The molecular weight excluding hydrogens is 362 g/mol. The van der Waals surface area contributed by atoms with Crippen LogP contribution in [0, 0.1) is 0 Å². The molecule has 4 nitrogen and oxygen atoms in total. The number of pyridine rings is 1. The summed E-state index contributed by atoms with van der Waals surface area (Å²) in [5, 5.41) is 2.84. The van der Waals surface area contributed by atoms with Crippen LogP contribution in [0.2, 0.25) is 0 Å². The summed E-state index contributed by atoms with van der Waals surface area (Å²) in [6.07, 6.45) is 2.31. The SMILES string of the molecule is CC(C)S(=O)C1=C(N)c2c(-c3ccccc3)cc(-c3nccs3)nc2C1. The topological polar surface area (TPSA) is 68.9 Å². The number of benzene rings is 1. The van der Waals surface area contributed by atoms with Gasteiger partial charge in [-0.25, -0.2) is 9.97 Å². The molecule has 6 heteroatoms. The number of hydrogen-bond donors (Lipinski definition) is 1. The first-order chi connectivity index (χ1) is 12.6. The number of nitrogens with zero attached hydrogens (tertiary/aromatic N) is 2. The molecule has 0 saturated heterocycles. The zero-order valence-electron chi connectivity index (χ0n) is 14.6. The number of nitrogens with two attached hydrogens (primary N) is 1. The van der Waals surface area contributed by atoms with Crippen molar-refractivity contribution in [3.63, 3.8) is 0 Å². The third kappa shape index (κ3) is 2.89. The molecule has 4 rings (SSSR count). The van der Waals surface area contributed by atoms with Crippen LogP contribution in [0.15, 0.2) is 52.9 Å². The van der Waals surface area contributed by atoms with Gasteiger partial charge < -0.3 is 5.73 Å². The molecule has 0 fully saturated rings. The average Bonchev–Trinajstić information content (AvgIpc) is 3.29. The van der Waals surface area contributed by atoms with Crippen molar-refractivity contribution in [3.8, 4) is 21.8 Å². The van der Waals surface area contributed by atoms with E-state index in [1.165, 1.54) is 0 Å². The maximum absolute atomic E-state index is 12.7. The summed E-state index contributed by atoms with van der Waals surface area (Å²) in [6.45, 7) is 3.90. The molecule has 132 valence electrons. The summed E-state index contributed by atoms with van der Waals surface area (Å²) >= 11 is 1.56. The molecule has 1 unspecified atom stereocenters. The highest BCUT2D eigenvalue weighted by molar-refractivity contribution is 7.89. The first-order valence-electron chi connectivity index (χ1n) is 8.45. The summed E-state index contributed by atoms with van der Waals surface area (Å²) in [5.41, 5.74) is 11.8. The van der Waals surface area contributed by atoms with Gasteiger partial charge in [0.25, 0.3) is 0 Å². The number of rotatable bonds is 4. The van der Waals surface area contributed by atoms with Crippen LogP contribution in [0.3, 0.4) is 0 Å². The van der Waals surface area contributed by atoms with Crippen molar-refractivity contribution in [3.05, 3.63) is 64.1 Å². The van der Waals surface area contributed by atoms with E-state index in [2.05, 4.69) is 17.1 Å². The van der Waals surface area contributed by atoms with Crippen LogP contribution < -0.4 is 5.73 Å². The second-order valence-electron chi connectivity index (χ2n) is 6.44. The zero-order valence-corrected chi connectivity index (χ0v) is 16.2. The van der Waals surface area contributed by atoms with Crippen LogP contribution in [0.5, 0.6) is 0 Å². The van der Waals surface area contributed by atoms with Crippen LogP contribution in [-0.4, -0.2) is 19.4 Å². The molecule has 0 bridgehead atoms. The van der Waals surface area contributed by atoms with Crippen LogP contribution in [-0.2, 0) is 17.2 Å². The van der Waals surface area contributed by atoms with Gasteiger partial charge >= 0.3 is 0 Å². The quantitative estimate of drug-likeness (QED) is 0.735. The van der Waals surface area contributed by atoms with Crippen molar-refractivity contribution < 1.29 is 4.21 Å². The molecule has 2 aromatic heterocycles. The van der Waals surface area contributed by atoms with Crippen LogP contribution in [0.1, 0.15) is 25.1 Å². The van der Waals surface area contributed by atoms with Gasteiger partial charge in [-0.15, -0.1) is 11.3 Å². The number of fused-ring (bicyclic) bond motifs is 1. The highest BCUT2D eigenvalue weighted by Crippen LogP contribution is 2.40. The molecule has 2 heterocycles. The lowest BCUT2D eigenvalue weighted by molar-refractivity contribution is 0.680. The molecule has 0 radical (unpaired) electrons. The van der Waals surface area contributed by atoms with E-state index < -0.39 is 10.8 Å². The van der Waals surface area contributed by atoms with E-state index in [1.54, 1.807) is 17.5 Å². The molecule has 3 aromatic rings. The first kappa shape index (κ1) is 17.1. The van der Waals surface area contributed by atoms with Gasteiger partial charge in [0.05, 0.1) is 27.9 Å². The second-order valence-corrected chi connectivity index (χ2v) is 9.36. The average molecular weight is 382 g/mol. The van der Waals surface area contributed by atoms with E-state index in [1.807, 2.05) is 43.5 Å². The fourth-order valence-corrected chi connectivity index (χ4v) is 4.95. The Hall–Kier alpha value is -2.31.